The first-order valence-electron chi connectivity index (χ1n) is 10.2. The average molecular weight is 448 g/mol. The van der Waals surface area contributed by atoms with Crippen molar-refractivity contribution in [1.82, 2.24) is 14.9 Å². The van der Waals surface area contributed by atoms with Crippen LogP contribution >= 0.6 is 11.8 Å². The number of halogens is 1. The van der Waals surface area contributed by atoms with E-state index in [2.05, 4.69) is 10.3 Å². The van der Waals surface area contributed by atoms with E-state index in [0.717, 1.165) is 22.4 Å². The van der Waals surface area contributed by atoms with Gasteiger partial charge in [-0.3, -0.25) is 14.2 Å². The predicted octanol–water partition coefficient (Wildman–Crippen LogP) is 4.55. The quantitative estimate of drug-likeness (QED) is 0.348. The summed E-state index contributed by atoms with van der Waals surface area (Å²) in [4.78, 5) is 30.5. The largest absolute Gasteiger partial charge is 0.351 e. The van der Waals surface area contributed by atoms with E-state index in [1.54, 1.807) is 28.8 Å². The van der Waals surface area contributed by atoms with Crippen molar-refractivity contribution in [2.24, 2.45) is 0 Å². The Bertz CT molecular complexity index is 1350. The topological polar surface area (TPSA) is 64.0 Å². The van der Waals surface area contributed by atoms with E-state index in [0.29, 0.717) is 22.6 Å². The lowest BCUT2D eigenvalue weighted by Crippen LogP contribution is -2.26. The summed E-state index contributed by atoms with van der Waals surface area (Å²) in [6.07, 6.45) is 0. The minimum Gasteiger partial charge on any atom is -0.351 e. The molecule has 1 aromatic heterocycles. The van der Waals surface area contributed by atoms with Crippen LogP contribution in [-0.4, -0.2) is 21.2 Å². The number of carbonyl (C=O) groups excluding carboxylic acids is 1. The van der Waals surface area contributed by atoms with Crippen LogP contribution in [0.25, 0.3) is 16.6 Å². The summed E-state index contributed by atoms with van der Waals surface area (Å²) in [6, 6.07) is 19.1. The summed E-state index contributed by atoms with van der Waals surface area (Å²) >= 11 is 1.21. The second kappa shape index (κ2) is 9.36. The molecule has 4 aromatic rings. The van der Waals surface area contributed by atoms with Crippen molar-refractivity contribution in [2.75, 3.05) is 5.75 Å². The maximum absolute atomic E-state index is 13.4. The van der Waals surface area contributed by atoms with E-state index in [4.69, 9.17) is 0 Å². The number of benzene rings is 3. The summed E-state index contributed by atoms with van der Waals surface area (Å²) in [5.74, 6) is -0.423. The van der Waals surface area contributed by atoms with Crippen LogP contribution in [0.1, 0.15) is 16.7 Å². The molecule has 0 saturated carbocycles. The number of rotatable bonds is 6. The highest BCUT2D eigenvalue weighted by atomic mass is 32.2. The lowest BCUT2D eigenvalue weighted by Gasteiger charge is -2.15. The Morgan fingerprint density at radius 1 is 1.06 bits per heavy atom. The van der Waals surface area contributed by atoms with Crippen LogP contribution in [0, 0.1) is 19.7 Å². The Balaban J connectivity index is 1.62. The molecular formula is C25H22FN3O2S. The van der Waals surface area contributed by atoms with E-state index < -0.39 is 0 Å². The van der Waals surface area contributed by atoms with E-state index >= 15 is 0 Å². The first-order valence-corrected chi connectivity index (χ1v) is 11.1. The maximum atomic E-state index is 13.4. The number of fused-ring (bicyclic) bond motifs is 1. The van der Waals surface area contributed by atoms with Gasteiger partial charge < -0.3 is 5.32 Å². The summed E-state index contributed by atoms with van der Waals surface area (Å²) in [6.45, 7) is 4.22. The Morgan fingerprint density at radius 2 is 1.81 bits per heavy atom. The van der Waals surface area contributed by atoms with Gasteiger partial charge in [0, 0.05) is 6.54 Å². The highest BCUT2D eigenvalue weighted by molar-refractivity contribution is 7.99. The molecule has 0 bridgehead atoms. The third kappa shape index (κ3) is 4.73. The number of hydrogen-bond acceptors (Lipinski definition) is 4. The van der Waals surface area contributed by atoms with Crippen molar-refractivity contribution in [1.29, 1.82) is 0 Å². The van der Waals surface area contributed by atoms with Gasteiger partial charge in [-0.05, 0) is 60.9 Å². The molecule has 0 saturated heterocycles. The minimum atomic E-state index is -0.317. The van der Waals surface area contributed by atoms with E-state index in [9.17, 15) is 14.0 Å². The fourth-order valence-corrected chi connectivity index (χ4v) is 4.20. The Kier molecular flexibility index (Phi) is 6.37. The van der Waals surface area contributed by atoms with Crippen LogP contribution in [-0.2, 0) is 11.3 Å². The number of para-hydroxylation sites is 1. The molecular weight excluding hydrogens is 425 g/mol. The van der Waals surface area contributed by atoms with Gasteiger partial charge in [0.15, 0.2) is 5.16 Å². The Morgan fingerprint density at radius 3 is 2.59 bits per heavy atom. The molecule has 0 spiro atoms. The van der Waals surface area contributed by atoms with Crippen molar-refractivity contribution < 1.29 is 9.18 Å². The second-order valence-electron chi connectivity index (χ2n) is 7.53. The van der Waals surface area contributed by atoms with Crippen LogP contribution in [0.4, 0.5) is 4.39 Å². The summed E-state index contributed by atoms with van der Waals surface area (Å²) in [5, 5.41) is 3.81. The average Bonchev–Trinajstić information content (AvgIpc) is 2.79. The van der Waals surface area contributed by atoms with Crippen LogP contribution in [0.2, 0.25) is 0 Å². The zero-order valence-electron chi connectivity index (χ0n) is 17.8. The van der Waals surface area contributed by atoms with Gasteiger partial charge in [0.2, 0.25) is 5.91 Å². The molecule has 1 N–H and O–H groups in total. The van der Waals surface area contributed by atoms with Crippen molar-refractivity contribution in [3.05, 3.63) is 99.6 Å². The van der Waals surface area contributed by atoms with E-state index in [-0.39, 0.29) is 23.0 Å². The van der Waals surface area contributed by atoms with Crippen molar-refractivity contribution in [3.63, 3.8) is 0 Å². The van der Waals surface area contributed by atoms with Gasteiger partial charge >= 0.3 is 0 Å². The molecule has 32 heavy (non-hydrogen) atoms. The Labute approximate surface area is 189 Å². The molecule has 162 valence electrons. The number of aromatic nitrogens is 2. The molecule has 5 nitrogen and oxygen atoms in total. The minimum absolute atomic E-state index is 0.0941. The highest BCUT2D eigenvalue weighted by Crippen LogP contribution is 2.24. The first kappa shape index (κ1) is 21.8. The number of aryl methyl sites for hydroxylation is 2. The smallest absolute Gasteiger partial charge is 0.266 e. The summed E-state index contributed by atoms with van der Waals surface area (Å²) in [7, 11) is 0. The maximum Gasteiger partial charge on any atom is 0.266 e. The molecule has 4 rings (SSSR count). The van der Waals surface area contributed by atoms with Gasteiger partial charge in [0.1, 0.15) is 5.82 Å². The molecule has 0 atom stereocenters. The zero-order valence-corrected chi connectivity index (χ0v) is 18.6. The van der Waals surface area contributed by atoms with Crippen molar-refractivity contribution in [2.45, 2.75) is 25.5 Å². The number of nitrogens with one attached hydrogen (secondary N) is 1. The van der Waals surface area contributed by atoms with Gasteiger partial charge in [0.05, 0.1) is 22.3 Å². The van der Waals surface area contributed by atoms with Crippen LogP contribution < -0.4 is 10.9 Å². The van der Waals surface area contributed by atoms with Crippen LogP contribution in [0.5, 0.6) is 0 Å². The fraction of sp³-hybridized carbons (Fsp3) is 0.160. The summed E-state index contributed by atoms with van der Waals surface area (Å²) in [5.41, 5.74) is 3.95. The number of amides is 1. The predicted molar refractivity (Wildman–Crippen MR) is 126 cm³/mol. The van der Waals surface area contributed by atoms with Gasteiger partial charge in [-0.15, -0.1) is 0 Å². The molecule has 0 fully saturated rings. The molecule has 0 unspecified atom stereocenters. The van der Waals surface area contributed by atoms with Crippen molar-refractivity contribution >= 4 is 28.6 Å². The second-order valence-corrected chi connectivity index (χ2v) is 8.48. The van der Waals surface area contributed by atoms with Gasteiger partial charge in [-0.1, -0.05) is 48.2 Å². The number of hydrogen-bond donors (Lipinski definition) is 1. The van der Waals surface area contributed by atoms with E-state index in [1.165, 1.54) is 23.9 Å². The molecule has 1 heterocycles. The monoisotopic (exact) mass is 447 g/mol. The zero-order chi connectivity index (χ0) is 22.7. The number of thioether (sulfide) groups is 1. The third-order valence-corrected chi connectivity index (χ3v) is 6.02. The SMILES string of the molecule is Cc1ccc(C)c(-n2c(SCC(=O)NCc3ccc(F)cc3)nc3ccccc3c2=O)c1. The first-order chi connectivity index (χ1) is 15.4. The fourth-order valence-electron chi connectivity index (χ4n) is 3.37. The molecule has 7 heteroatoms. The van der Waals surface area contributed by atoms with Crippen LogP contribution in [0.15, 0.2) is 76.7 Å². The molecule has 0 radical (unpaired) electrons. The summed E-state index contributed by atoms with van der Waals surface area (Å²) < 4.78 is 14.6. The van der Waals surface area contributed by atoms with Crippen LogP contribution in [0.3, 0.4) is 0 Å². The molecule has 0 aliphatic carbocycles. The number of carbonyl (C=O) groups is 1. The van der Waals surface area contributed by atoms with E-state index in [1.807, 2.05) is 44.2 Å². The lowest BCUT2D eigenvalue weighted by atomic mass is 10.1. The number of nitrogens with zero attached hydrogens (tertiary/aromatic N) is 2. The van der Waals surface area contributed by atoms with Crippen molar-refractivity contribution in [3.8, 4) is 5.69 Å². The van der Waals surface area contributed by atoms with Gasteiger partial charge in [-0.2, -0.15) is 0 Å². The molecule has 3 aromatic carbocycles. The molecule has 0 aliphatic rings. The lowest BCUT2D eigenvalue weighted by molar-refractivity contribution is -0.118. The standard InChI is InChI=1S/C25H22FN3O2S/c1-16-7-8-17(2)22(13-16)29-24(31)20-5-3-4-6-21(20)28-25(29)32-15-23(30)27-14-18-9-11-19(26)12-10-18/h3-13H,14-15H2,1-2H3,(H,27,30). The normalized spacial score (nSPS) is 11.0. The molecule has 1 amide bonds. The highest BCUT2D eigenvalue weighted by Gasteiger charge is 2.16. The Hall–Kier alpha value is -3.45. The van der Waals surface area contributed by atoms with Gasteiger partial charge in [0.25, 0.3) is 5.56 Å². The van der Waals surface area contributed by atoms with Gasteiger partial charge in [-0.25, -0.2) is 9.37 Å². The molecule has 0 aliphatic heterocycles. The third-order valence-electron chi connectivity index (χ3n) is 5.09.